The van der Waals surface area contributed by atoms with Gasteiger partial charge in [0.15, 0.2) is 0 Å². The van der Waals surface area contributed by atoms with Crippen LogP contribution in [0.5, 0.6) is 6.01 Å². The number of anilines is 2. The third kappa shape index (κ3) is 6.06. The zero-order valence-corrected chi connectivity index (χ0v) is 27.5. The van der Waals surface area contributed by atoms with Crippen molar-refractivity contribution in [1.29, 1.82) is 0 Å². The maximum absolute atomic E-state index is 14.5. The van der Waals surface area contributed by atoms with Crippen LogP contribution in [-0.4, -0.2) is 106 Å². The number of halogens is 2. The fraction of sp³-hybridized carbons (Fsp3) is 0.531. The summed E-state index contributed by atoms with van der Waals surface area (Å²) in [4.78, 5) is 49.2. The lowest BCUT2D eigenvalue weighted by Crippen LogP contribution is -2.44. The van der Waals surface area contributed by atoms with Crippen molar-refractivity contribution in [1.82, 2.24) is 19.8 Å². The summed E-state index contributed by atoms with van der Waals surface area (Å²) < 4.78 is 32.3. The first-order valence-corrected chi connectivity index (χ1v) is 18.1. The van der Waals surface area contributed by atoms with Gasteiger partial charge in [0.2, 0.25) is 5.91 Å². The number of hydrogen-bond acceptors (Lipinski definition) is 8. The first-order chi connectivity index (χ1) is 22.0. The average molecular weight is 673 g/mol. The Morgan fingerprint density at radius 1 is 1.17 bits per heavy atom. The van der Waals surface area contributed by atoms with E-state index in [1.165, 1.54) is 4.90 Å². The first kappa shape index (κ1) is 31.6. The second kappa shape index (κ2) is 12.2. The Morgan fingerprint density at radius 2 is 1.98 bits per heavy atom. The van der Waals surface area contributed by atoms with Gasteiger partial charge in [-0.2, -0.15) is 9.97 Å². The van der Waals surface area contributed by atoms with E-state index in [0.717, 1.165) is 59.5 Å². The molecule has 0 bridgehead atoms. The molecule has 11 nitrogen and oxygen atoms in total. The fourth-order valence-corrected chi connectivity index (χ4v) is 8.70. The van der Waals surface area contributed by atoms with Gasteiger partial charge >= 0.3 is 13.6 Å². The molecule has 4 aliphatic heterocycles. The molecule has 0 radical (unpaired) electrons. The minimum Gasteiger partial charge on any atom is -0.461 e. The highest BCUT2D eigenvalue weighted by molar-refractivity contribution is 7.52. The zero-order valence-electron chi connectivity index (χ0n) is 25.8. The summed E-state index contributed by atoms with van der Waals surface area (Å²) in [5.74, 6) is 0.172. The molecule has 246 valence electrons. The molecule has 46 heavy (non-hydrogen) atoms. The van der Waals surface area contributed by atoms with Crippen LogP contribution < -0.4 is 14.5 Å². The van der Waals surface area contributed by atoms with Crippen LogP contribution in [0.15, 0.2) is 36.4 Å². The number of likely N-dealkylation sites (N-methyl/N-ethyl adjacent to an activating group) is 1. The maximum atomic E-state index is 14.5. The number of carbonyl (C=O) groups excluding carboxylic acids is 1. The van der Waals surface area contributed by atoms with Crippen LogP contribution in [0, 0.1) is 0 Å². The largest absolute Gasteiger partial charge is 0.461 e. The molecule has 2 aromatic carbocycles. The molecule has 0 aliphatic carbocycles. The van der Waals surface area contributed by atoms with Gasteiger partial charge in [-0.25, -0.2) is 4.39 Å². The number of ether oxygens (including phenoxy) is 1. The Bertz CT molecular complexity index is 1710. The Morgan fingerprint density at radius 3 is 2.78 bits per heavy atom. The maximum Gasteiger partial charge on any atom is 0.334 e. The molecule has 1 amide bonds. The van der Waals surface area contributed by atoms with Crippen LogP contribution in [0.2, 0.25) is 5.02 Å². The minimum atomic E-state index is -4.46. The van der Waals surface area contributed by atoms with Gasteiger partial charge in [-0.05, 0) is 49.7 Å². The number of alkyl halides is 1. The normalized spacial score (nSPS) is 24.8. The highest BCUT2D eigenvalue weighted by atomic mass is 35.5. The monoisotopic (exact) mass is 672 g/mol. The molecule has 4 aliphatic rings. The Labute approximate surface area is 272 Å². The number of carbonyl (C=O) groups is 1. The van der Waals surface area contributed by atoms with Gasteiger partial charge in [0, 0.05) is 62.3 Å². The SMILES string of the molecule is CN(c1nc(OC[C@@]23CCCN2C[C@H](F)C3)nc2c1CCN(c1cccc3cccc(Cl)c13)C2)[C@@H]1CCN(C(=O)CP(=O)(O)O)C1. The van der Waals surface area contributed by atoms with Crippen molar-refractivity contribution in [3.63, 3.8) is 0 Å². The van der Waals surface area contributed by atoms with Crippen LogP contribution in [0.25, 0.3) is 10.8 Å². The molecule has 3 aromatic rings. The number of benzene rings is 2. The number of hydrogen-bond donors (Lipinski definition) is 2. The van der Waals surface area contributed by atoms with E-state index in [4.69, 9.17) is 26.3 Å². The third-order valence-electron chi connectivity index (χ3n) is 10.2. The van der Waals surface area contributed by atoms with Gasteiger partial charge in [-0.15, -0.1) is 0 Å². The molecule has 3 fully saturated rings. The van der Waals surface area contributed by atoms with Crippen molar-refractivity contribution in [2.24, 2.45) is 0 Å². The lowest BCUT2D eigenvalue weighted by atomic mass is 9.95. The minimum absolute atomic E-state index is 0.103. The first-order valence-electron chi connectivity index (χ1n) is 15.9. The predicted molar refractivity (Wildman–Crippen MR) is 175 cm³/mol. The van der Waals surface area contributed by atoms with Gasteiger partial charge in [-0.1, -0.05) is 35.9 Å². The van der Waals surface area contributed by atoms with E-state index in [1.807, 2.05) is 25.2 Å². The molecule has 3 saturated heterocycles. The molecular weight excluding hydrogens is 634 g/mol. The molecule has 0 saturated carbocycles. The van der Waals surface area contributed by atoms with E-state index in [2.05, 4.69) is 32.9 Å². The molecule has 1 aromatic heterocycles. The van der Waals surface area contributed by atoms with E-state index >= 15 is 0 Å². The summed E-state index contributed by atoms with van der Waals surface area (Å²) >= 11 is 6.69. The van der Waals surface area contributed by atoms with Gasteiger partial charge in [0.1, 0.15) is 24.8 Å². The van der Waals surface area contributed by atoms with Crippen molar-refractivity contribution >= 4 is 47.4 Å². The molecule has 3 atom stereocenters. The lowest BCUT2D eigenvalue weighted by molar-refractivity contribution is -0.127. The second-order valence-corrected chi connectivity index (χ2v) is 15.2. The molecule has 5 heterocycles. The van der Waals surface area contributed by atoms with E-state index in [0.29, 0.717) is 57.1 Å². The Balaban J connectivity index is 1.19. The van der Waals surface area contributed by atoms with Gasteiger partial charge in [-0.3, -0.25) is 14.3 Å². The molecule has 0 spiro atoms. The molecule has 14 heteroatoms. The van der Waals surface area contributed by atoms with Crippen LogP contribution in [0.1, 0.15) is 36.9 Å². The number of nitrogens with zero attached hydrogens (tertiary/aromatic N) is 6. The van der Waals surface area contributed by atoms with E-state index in [1.54, 1.807) is 0 Å². The van der Waals surface area contributed by atoms with E-state index in [9.17, 15) is 23.5 Å². The van der Waals surface area contributed by atoms with Crippen molar-refractivity contribution in [2.45, 2.75) is 56.4 Å². The summed E-state index contributed by atoms with van der Waals surface area (Å²) in [5, 5.41) is 2.74. The second-order valence-electron chi connectivity index (χ2n) is 13.1. The molecule has 0 unspecified atom stereocenters. The van der Waals surface area contributed by atoms with Gasteiger partial charge in [0.25, 0.3) is 0 Å². The Hall–Kier alpha value is -3.02. The smallest absolute Gasteiger partial charge is 0.334 e. The topological polar surface area (TPSA) is 123 Å². The van der Waals surface area contributed by atoms with Gasteiger partial charge in [0.05, 0.1) is 22.8 Å². The Kier molecular flexibility index (Phi) is 8.38. The number of fused-ring (bicyclic) bond motifs is 3. The van der Waals surface area contributed by atoms with Crippen LogP contribution in [0.4, 0.5) is 15.9 Å². The number of rotatable bonds is 8. The number of aromatic nitrogens is 2. The van der Waals surface area contributed by atoms with Gasteiger partial charge < -0.3 is 29.2 Å². The van der Waals surface area contributed by atoms with Crippen LogP contribution in [0.3, 0.4) is 0 Å². The van der Waals surface area contributed by atoms with Crippen LogP contribution in [-0.2, 0) is 22.3 Å². The van der Waals surface area contributed by atoms with Crippen molar-refractivity contribution in [3.05, 3.63) is 52.7 Å². The molecule has 7 rings (SSSR count). The summed E-state index contributed by atoms with van der Waals surface area (Å²) in [6.07, 6.45) is 1.98. The van der Waals surface area contributed by atoms with Crippen molar-refractivity contribution in [3.8, 4) is 6.01 Å². The highest BCUT2D eigenvalue weighted by Gasteiger charge is 2.49. The van der Waals surface area contributed by atoms with Crippen molar-refractivity contribution < 1.29 is 28.3 Å². The fourth-order valence-electron chi connectivity index (χ4n) is 7.87. The lowest BCUT2D eigenvalue weighted by Gasteiger charge is -2.35. The standard InChI is InChI=1S/C32H39ClFN6O5P/c1-37(23-9-13-39(17-23)28(41)19-46(42,43)44)30-24-10-14-38(27-8-3-6-21-5-2-7-25(33)29(21)27)18-26(24)35-31(36-30)45-20-32-11-4-12-40(32)16-22(34)15-32/h2-3,5-8,22-23H,4,9-20H2,1H3,(H2,42,43,44)/t22-,23-,32+/m1/s1. The summed E-state index contributed by atoms with van der Waals surface area (Å²) in [5.41, 5.74) is 2.52. The van der Waals surface area contributed by atoms with E-state index < -0.39 is 25.8 Å². The average Bonchev–Trinajstić information content (AvgIpc) is 3.73. The number of likely N-dealkylation sites (tertiary alicyclic amines) is 1. The summed E-state index contributed by atoms with van der Waals surface area (Å²) in [7, 11) is -2.52. The molecule has 2 N–H and O–H groups in total. The summed E-state index contributed by atoms with van der Waals surface area (Å²) in [6, 6.07) is 12.2. The highest BCUT2D eigenvalue weighted by Crippen LogP contribution is 2.41. The van der Waals surface area contributed by atoms with Crippen molar-refractivity contribution in [2.75, 3.05) is 62.3 Å². The molecular formula is C32H39ClFN6O5P. The quantitative estimate of drug-likeness (QED) is 0.340. The number of amides is 1. The summed E-state index contributed by atoms with van der Waals surface area (Å²) in [6.45, 7) is 3.58. The van der Waals surface area contributed by atoms with E-state index in [-0.39, 0.29) is 17.6 Å². The van der Waals surface area contributed by atoms with Crippen LogP contribution >= 0.6 is 19.2 Å². The third-order valence-corrected chi connectivity index (χ3v) is 11.2. The zero-order chi connectivity index (χ0) is 32.2. The predicted octanol–water partition coefficient (Wildman–Crippen LogP) is 4.02.